The summed E-state index contributed by atoms with van der Waals surface area (Å²) in [4.78, 5) is 18.7. The second-order valence-corrected chi connectivity index (χ2v) is 8.13. The fourth-order valence-corrected chi connectivity index (χ4v) is 5.25. The Morgan fingerprint density at radius 2 is 1.78 bits per heavy atom. The molecular weight excluding hydrogens is 358 g/mol. The Morgan fingerprint density at radius 3 is 2.67 bits per heavy atom. The number of fused-ring (bicyclic) bond motifs is 3. The highest BCUT2D eigenvalue weighted by Gasteiger charge is 2.27. The molecule has 1 aromatic carbocycles. The number of aromatic nitrogens is 5. The molecule has 0 unspecified atom stereocenters. The predicted octanol–water partition coefficient (Wildman–Crippen LogP) is 2.55. The molecule has 0 spiro atoms. The highest BCUT2D eigenvalue weighted by molar-refractivity contribution is 7.22. The van der Waals surface area contributed by atoms with E-state index in [1.807, 2.05) is 4.52 Å². The number of piperazine rings is 1. The molecule has 0 bridgehead atoms. The van der Waals surface area contributed by atoms with Crippen LogP contribution < -0.4 is 9.80 Å². The van der Waals surface area contributed by atoms with Gasteiger partial charge in [0.2, 0.25) is 0 Å². The van der Waals surface area contributed by atoms with Crippen LogP contribution in [0, 0.1) is 0 Å². The number of aryl methyl sites for hydroxylation is 1. The number of rotatable bonds is 2. The summed E-state index contributed by atoms with van der Waals surface area (Å²) in [5, 5.41) is 5.58. The number of hydrogen-bond acceptors (Lipinski definition) is 7. The van der Waals surface area contributed by atoms with E-state index >= 15 is 0 Å². The number of thiazole rings is 1. The number of anilines is 2. The standard InChI is InChI=1S/C19H19N7S/c1-2-7-16-15(5-1)23-19(27-16)25-10-8-24(9-11-25)17-13-4-3-6-14(13)22-18-20-12-21-26(17)18/h1-2,5,7,12H,3-4,6,8-11H2. The third-order valence-electron chi connectivity index (χ3n) is 5.56. The molecule has 3 aromatic heterocycles. The molecule has 1 aliphatic carbocycles. The van der Waals surface area contributed by atoms with Gasteiger partial charge >= 0.3 is 0 Å². The summed E-state index contributed by atoms with van der Waals surface area (Å²) in [6.45, 7) is 3.85. The SMILES string of the molecule is c1ccc2sc(N3CCN(c4c5c(nc6ncnn46)CCC5)CC3)nc2c1. The second kappa shape index (κ2) is 5.88. The fraction of sp³-hybridized carbons (Fsp3) is 0.368. The van der Waals surface area contributed by atoms with Crippen LogP contribution in [0.5, 0.6) is 0 Å². The van der Waals surface area contributed by atoms with E-state index in [0.29, 0.717) is 0 Å². The summed E-state index contributed by atoms with van der Waals surface area (Å²) in [7, 11) is 0. The van der Waals surface area contributed by atoms with Crippen LogP contribution in [0.1, 0.15) is 17.7 Å². The van der Waals surface area contributed by atoms with Crippen molar-refractivity contribution in [2.24, 2.45) is 0 Å². The maximum absolute atomic E-state index is 4.82. The third-order valence-corrected chi connectivity index (χ3v) is 6.65. The zero-order chi connectivity index (χ0) is 17.8. The number of hydrogen-bond donors (Lipinski definition) is 0. The van der Waals surface area contributed by atoms with Gasteiger partial charge in [-0.25, -0.2) is 9.97 Å². The summed E-state index contributed by atoms with van der Waals surface area (Å²) in [5.41, 5.74) is 3.66. The van der Waals surface area contributed by atoms with Gasteiger partial charge in [-0.15, -0.1) is 0 Å². The van der Waals surface area contributed by atoms with Crippen LogP contribution in [0.15, 0.2) is 30.6 Å². The van der Waals surface area contributed by atoms with Crippen molar-refractivity contribution in [1.82, 2.24) is 24.6 Å². The first-order valence-corrected chi connectivity index (χ1v) is 10.3. The van der Waals surface area contributed by atoms with E-state index in [2.05, 4.69) is 44.1 Å². The smallest absolute Gasteiger partial charge is 0.254 e. The Kier molecular flexibility index (Phi) is 3.34. The van der Waals surface area contributed by atoms with Crippen molar-refractivity contribution in [3.63, 3.8) is 0 Å². The molecule has 2 aliphatic rings. The molecule has 1 aliphatic heterocycles. The zero-order valence-corrected chi connectivity index (χ0v) is 15.7. The van der Waals surface area contributed by atoms with E-state index in [1.54, 1.807) is 17.7 Å². The summed E-state index contributed by atoms with van der Waals surface area (Å²) < 4.78 is 3.18. The molecule has 0 radical (unpaired) electrons. The molecule has 4 aromatic rings. The van der Waals surface area contributed by atoms with E-state index in [0.717, 1.165) is 55.4 Å². The maximum atomic E-state index is 4.82. The zero-order valence-electron chi connectivity index (χ0n) is 14.9. The van der Waals surface area contributed by atoms with Gasteiger partial charge in [0, 0.05) is 31.7 Å². The van der Waals surface area contributed by atoms with Crippen LogP contribution in [-0.2, 0) is 12.8 Å². The fourth-order valence-electron chi connectivity index (χ4n) is 4.23. The first-order valence-electron chi connectivity index (χ1n) is 9.44. The van der Waals surface area contributed by atoms with Crippen molar-refractivity contribution < 1.29 is 0 Å². The largest absolute Gasteiger partial charge is 0.353 e. The molecule has 0 amide bonds. The average Bonchev–Trinajstić information content (AvgIpc) is 3.44. The van der Waals surface area contributed by atoms with E-state index in [4.69, 9.17) is 9.97 Å². The van der Waals surface area contributed by atoms with E-state index in [1.165, 1.54) is 28.2 Å². The van der Waals surface area contributed by atoms with Gasteiger partial charge in [-0.3, -0.25) is 0 Å². The molecular formula is C19H19N7S. The monoisotopic (exact) mass is 377 g/mol. The van der Waals surface area contributed by atoms with Gasteiger partial charge in [0.1, 0.15) is 12.1 Å². The Balaban J connectivity index is 1.30. The Morgan fingerprint density at radius 1 is 0.926 bits per heavy atom. The van der Waals surface area contributed by atoms with Crippen molar-refractivity contribution in [1.29, 1.82) is 0 Å². The van der Waals surface area contributed by atoms with Crippen molar-refractivity contribution >= 4 is 38.3 Å². The van der Waals surface area contributed by atoms with Crippen molar-refractivity contribution in [3.8, 4) is 0 Å². The molecule has 1 fully saturated rings. The second-order valence-electron chi connectivity index (χ2n) is 7.12. The Bertz CT molecular complexity index is 1110. The summed E-state index contributed by atoms with van der Waals surface area (Å²) >= 11 is 1.78. The molecule has 4 heterocycles. The highest BCUT2D eigenvalue weighted by atomic mass is 32.1. The molecule has 0 N–H and O–H groups in total. The first-order chi connectivity index (χ1) is 13.4. The van der Waals surface area contributed by atoms with E-state index < -0.39 is 0 Å². The number of para-hydroxylation sites is 1. The van der Waals surface area contributed by atoms with E-state index in [-0.39, 0.29) is 0 Å². The lowest BCUT2D eigenvalue weighted by Crippen LogP contribution is -2.47. The Labute approximate surface area is 160 Å². The van der Waals surface area contributed by atoms with Crippen molar-refractivity contribution in [2.75, 3.05) is 36.0 Å². The van der Waals surface area contributed by atoms with Gasteiger partial charge in [-0.05, 0) is 31.4 Å². The Hall–Kier alpha value is -2.74. The lowest BCUT2D eigenvalue weighted by Gasteiger charge is -2.36. The van der Waals surface area contributed by atoms with Crippen LogP contribution in [0.4, 0.5) is 10.9 Å². The van der Waals surface area contributed by atoms with Crippen molar-refractivity contribution in [2.45, 2.75) is 19.3 Å². The van der Waals surface area contributed by atoms with Gasteiger partial charge in [-0.1, -0.05) is 23.5 Å². The van der Waals surface area contributed by atoms with Gasteiger partial charge in [0.05, 0.1) is 15.9 Å². The van der Waals surface area contributed by atoms with Gasteiger partial charge < -0.3 is 9.80 Å². The van der Waals surface area contributed by atoms with Crippen LogP contribution in [-0.4, -0.2) is 50.7 Å². The normalized spacial score (nSPS) is 17.2. The summed E-state index contributed by atoms with van der Waals surface area (Å²) in [6, 6.07) is 8.37. The minimum atomic E-state index is 0.722. The molecule has 8 heteroatoms. The number of benzene rings is 1. The molecule has 6 rings (SSSR count). The van der Waals surface area contributed by atoms with Crippen LogP contribution >= 0.6 is 11.3 Å². The van der Waals surface area contributed by atoms with Crippen LogP contribution in [0.25, 0.3) is 16.0 Å². The topological polar surface area (TPSA) is 62.5 Å². The molecule has 27 heavy (non-hydrogen) atoms. The molecule has 1 saturated heterocycles. The maximum Gasteiger partial charge on any atom is 0.254 e. The van der Waals surface area contributed by atoms with E-state index in [9.17, 15) is 0 Å². The number of nitrogens with zero attached hydrogens (tertiary/aromatic N) is 7. The first kappa shape index (κ1) is 15.3. The molecule has 0 atom stereocenters. The molecule has 0 saturated carbocycles. The van der Waals surface area contributed by atoms with Gasteiger partial charge in [-0.2, -0.15) is 14.6 Å². The van der Waals surface area contributed by atoms with Crippen molar-refractivity contribution in [3.05, 3.63) is 41.9 Å². The molecule has 136 valence electrons. The third kappa shape index (κ3) is 2.39. The lowest BCUT2D eigenvalue weighted by atomic mass is 10.2. The van der Waals surface area contributed by atoms with Gasteiger partial charge in [0.15, 0.2) is 5.13 Å². The minimum absolute atomic E-state index is 0.722. The van der Waals surface area contributed by atoms with Crippen LogP contribution in [0.3, 0.4) is 0 Å². The summed E-state index contributed by atoms with van der Waals surface area (Å²) in [6.07, 6.45) is 4.93. The lowest BCUT2D eigenvalue weighted by molar-refractivity contribution is 0.635. The van der Waals surface area contributed by atoms with Gasteiger partial charge in [0.25, 0.3) is 5.78 Å². The summed E-state index contributed by atoms with van der Waals surface area (Å²) in [5.74, 6) is 1.92. The predicted molar refractivity (Wildman–Crippen MR) is 107 cm³/mol. The highest BCUT2D eigenvalue weighted by Crippen LogP contribution is 2.33. The molecule has 7 nitrogen and oxygen atoms in total. The average molecular weight is 377 g/mol. The minimum Gasteiger partial charge on any atom is -0.353 e. The quantitative estimate of drug-likeness (QED) is 0.535. The van der Waals surface area contributed by atoms with Crippen LogP contribution in [0.2, 0.25) is 0 Å².